The lowest BCUT2D eigenvalue weighted by molar-refractivity contribution is -0.140. The van der Waals surface area contributed by atoms with Crippen molar-refractivity contribution >= 4 is 0 Å². The lowest BCUT2D eigenvalue weighted by Crippen LogP contribution is -2.08. The Morgan fingerprint density at radius 2 is 1.54 bits per heavy atom. The molecule has 0 saturated heterocycles. The summed E-state index contributed by atoms with van der Waals surface area (Å²) >= 11 is 0. The lowest BCUT2D eigenvalue weighted by atomic mass is 10.1. The van der Waals surface area contributed by atoms with Crippen molar-refractivity contribution in [3.05, 3.63) is 107 Å². The zero-order chi connectivity index (χ0) is 26.4. The van der Waals surface area contributed by atoms with E-state index < -0.39 is 29.2 Å². The highest BCUT2D eigenvalue weighted by atomic mass is 19.4. The normalized spacial score (nSPS) is 11.3. The lowest BCUT2D eigenvalue weighted by Gasteiger charge is -2.12. The molecule has 37 heavy (non-hydrogen) atoms. The first-order valence-electron chi connectivity index (χ1n) is 10.8. The first kappa shape index (κ1) is 25.8. The van der Waals surface area contributed by atoms with Gasteiger partial charge in [0.25, 0.3) is 5.88 Å². The molecule has 4 aromatic rings. The van der Waals surface area contributed by atoms with Gasteiger partial charge in [-0.1, -0.05) is 36.4 Å². The van der Waals surface area contributed by atoms with Crippen LogP contribution < -0.4 is 14.2 Å². The molecule has 5 nitrogen and oxygen atoms in total. The van der Waals surface area contributed by atoms with Gasteiger partial charge in [-0.3, -0.25) is 0 Å². The average Bonchev–Trinajstić information content (AvgIpc) is 2.86. The summed E-state index contributed by atoms with van der Waals surface area (Å²) in [5, 5.41) is 0. The Morgan fingerprint density at radius 3 is 2.24 bits per heavy atom. The van der Waals surface area contributed by atoms with Gasteiger partial charge in [-0.15, -0.1) is 0 Å². The van der Waals surface area contributed by atoms with Crippen molar-refractivity contribution in [3.8, 4) is 23.4 Å². The Kier molecular flexibility index (Phi) is 7.80. The fourth-order valence-corrected chi connectivity index (χ4v) is 3.19. The largest absolute Gasteiger partial charge is 0.475 e. The summed E-state index contributed by atoms with van der Waals surface area (Å²) in [6, 6.07) is 14.9. The molecule has 0 fully saturated rings. The summed E-state index contributed by atoms with van der Waals surface area (Å²) in [4.78, 5) is 7.67. The monoisotopic (exact) mass is 520 g/mol. The first-order valence-corrected chi connectivity index (χ1v) is 10.8. The van der Waals surface area contributed by atoms with E-state index >= 15 is 0 Å². The van der Waals surface area contributed by atoms with Crippen LogP contribution in [0.25, 0.3) is 0 Å². The van der Waals surface area contributed by atoms with E-state index in [0.717, 1.165) is 23.9 Å². The van der Waals surface area contributed by atoms with Gasteiger partial charge in [-0.25, -0.2) is 13.8 Å². The quantitative estimate of drug-likeness (QED) is 0.225. The highest BCUT2D eigenvalue weighted by Crippen LogP contribution is 2.34. The van der Waals surface area contributed by atoms with Crippen LogP contribution in [0.1, 0.15) is 16.7 Å². The third-order valence-corrected chi connectivity index (χ3v) is 5.00. The number of benzene rings is 3. The summed E-state index contributed by atoms with van der Waals surface area (Å²) < 4.78 is 96.2. The van der Waals surface area contributed by atoms with Gasteiger partial charge in [0.1, 0.15) is 18.2 Å². The predicted molar refractivity (Wildman–Crippen MR) is 120 cm³/mol. The minimum absolute atomic E-state index is 0.0597. The average molecular weight is 520 g/mol. The van der Waals surface area contributed by atoms with Gasteiger partial charge in [-0.2, -0.15) is 22.5 Å². The van der Waals surface area contributed by atoms with E-state index in [1.165, 1.54) is 12.1 Å². The molecular weight excluding hydrogens is 502 g/mol. The van der Waals surface area contributed by atoms with Gasteiger partial charge in [0.2, 0.25) is 5.82 Å². The second kappa shape index (κ2) is 11.2. The van der Waals surface area contributed by atoms with E-state index in [1.54, 1.807) is 0 Å². The maximum atomic E-state index is 14.5. The fourth-order valence-electron chi connectivity index (χ4n) is 3.19. The number of rotatable bonds is 9. The Morgan fingerprint density at radius 1 is 0.757 bits per heavy atom. The molecule has 192 valence electrons. The van der Waals surface area contributed by atoms with Crippen molar-refractivity contribution in [3.63, 3.8) is 0 Å². The molecule has 1 heterocycles. The predicted octanol–water partition coefficient (Wildman–Crippen LogP) is 6.91. The van der Waals surface area contributed by atoms with E-state index in [1.807, 2.05) is 30.3 Å². The number of hydrogen-bond donors (Lipinski definition) is 0. The van der Waals surface area contributed by atoms with Crippen molar-refractivity contribution in [2.45, 2.75) is 19.2 Å². The maximum absolute atomic E-state index is 14.5. The Bertz CT molecular complexity index is 1370. The number of ether oxygens (including phenoxy) is 3. The number of hydrogen-bond acceptors (Lipinski definition) is 5. The summed E-state index contributed by atoms with van der Waals surface area (Å²) in [6.07, 6.45) is -3.78. The molecule has 0 saturated carbocycles. The number of alkyl halides is 3. The molecule has 0 unspecified atom stereocenters. The van der Waals surface area contributed by atoms with Gasteiger partial charge in [0.15, 0.2) is 11.6 Å². The second-order valence-electron chi connectivity index (χ2n) is 7.68. The third-order valence-electron chi connectivity index (χ3n) is 5.00. The Hall–Kier alpha value is -4.28. The highest BCUT2D eigenvalue weighted by molar-refractivity contribution is 5.37. The molecule has 0 spiro atoms. The maximum Gasteiger partial charge on any atom is 0.419 e. The minimum Gasteiger partial charge on any atom is -0.475 e. The Labute approximate surface area is 207 Å². The third kappa shape index (κ3) is 6.90. The summed E-state index contributed by atoms with van der Waals surface area (Å²) in [6.45, 7) is 0.120. The molecule has 0 N–H and O–H groups in total. The molecule has 0 aliphatic rings. The SMILES string of the molecule is Fc1cc(CCOc2nc(OCc3ccccc3)ncc2F)ccc1Oc1ccc(C(F)(F)F)c(F)c1. The van der Waals surface area contributed by atoms with Crippen molar-refractivity contribution in [2.75, 3.05) is 6.61 Å². The summed E-state index contributed by atoms with van der Waals surface area (Å²) in [5.41, 5.74) is -0.125. The van der Waals surface area contributed by atoms with Crippen molar-refractivity contribution in [1.82, 2.24) is 9.97 Å². The van der Waals surface area contributed by atoms with Crippen LogP contribution in [0.4, 0.5) is 26.3 Å². The van der Waals surface area contributed by atoms with Gasteiger partial charge in [-0.05, 0) is 35.4 Å². The van der Waals surface area contributed by atoms with Gasteiger partial charge < -0.3 is 14.2 Å². The molecule has 4 rings (SSSR count). The zero-order valence-corrected chi connectivity index (χ0v) is 18.9. The van der Waals surface area contributed by atoms with Crippen LogP contribution >= 0.6 is 0 Å². The molecule has 0 amide bonds. The van der Waals surface area contributed by atoms with Crippen molar-refractivity contribution in [2.24, 2.45) is 0 Å². The van der Waals surface area contributed by atoms with Crippen LogP contribution in [0.2, 0.25) is 0 Å². The summed E-state index contributed by atoms with van der Waals surface area (Å²) in [7, 11) is 0. The van der Waals surface area contributed by atoms with Crippen LogP contribution in [0.3, 0.4) is 0 Å². The van der Waals surface area contributed by atoms with E-state index in [0.29, 0.717) is 17.7 Å². The van der Waals surface area contributed by atoms with Crippen molar-refractivity contribution in [1.29, 1.82) is 0 Å². The molecule has 0 bridgehead atoms. The molecule has 0 atom stereocenters. The smallest absolute Gasteiger partial charge is 0.419 e. The zero-order valence-electron chi connectivity index (χ0n) is 18.9. The Balaban J connectivity index is 1.33. The summed E-state index contributed by atoms with van der Waals surface area (Å²) in [5.74, 6) is -4.11. The van der Waals surface area contributed by atoms with Crippen LogP contribution in [0.5, 0.6) is 23.4 Å². The number of nitrogens with zero attached hydrogens (tertiary/aromatic N) is 2. The topological polar surface area (TPSA) is 53.5 Å². The van der Waals surface area contributed by atoms with Crippen LogP contribution in [0.15, 0.2) is 72.9 Å². The van der Waals surface area contributed by atoms with E-state index in [2.05, 4.69) is 9.97 Å². The van der Waals surface area contributed by atoms with Crippen molar-refractivity contribution < 1.29 is 40.6 Å². The van der Waals surface area contributed by atoms with Crippen LogP contribution in [-0.2, 0) is 19.2 Å². The molecule has 0 aliphatic heterocycles. The van der Waals surface area contributed by atoms with Gasteiger partial charge in [0.05, 0.1) is 18.4 Å². The van der Waals surface area contributed by atoms with Crippen LogP contribution in [-0.4, -0.2) is 16.6 Å². The van der Waals surface area contributed by atoms with Gasteiger partial charge in [0, 0.05) is 12.5 Å². The fraction of sp³-hybridized carbons (Fsp3) is 0.154. The molecular formula is C26H18F6N2O3. The van der Waals surface area contributed by atoms with E-state index in [4.69, 9.17) is 14.2 Å². The van der Waals surface area contributed by atoms with Gasteiger partial charge >= 0.3 is 12.2 Å². The molecule has 0 radical (unpaired) electrons. The highest BCUT2D eigenvalue weighted by Gasteiger charge is 2.34. The van der Waals surface area contributed by atoms with Crippen LogP contribution in [0, 0.1) is 17.5 Å². The molecule has 1 aromatic heterocycles. The molecule has 3 aromatic carbocycles. The number of aromatic nitrogens is 2. The second-order valence-corrected chi connectivity index (χ2v) is 7.68. The standard InChI is InChI=1S/C26H18F6N2O3/c27-20-13-18(7-8-19(20)26(30,31)32)37-23-9-6-16(12-21(23)28)10-11-35-24-22(29)14-33-25(34-24)36-15-17-4-2-1-3-5-17/h1-9,12-14H,10-11,15H2. The molecule has 11 heteroatoms. The molecule has 0 aliphatic carbocycles. The first-order chi connectivity index (χ1) is 17.7. The number of halogens is 6. The minimum atomic E-state index is -4.86. The van der Waals surface area contributed by atoms with E-state index in [9.17, 15) is 26.3 Å². The van der Waals surface area contributed by atoms with E-state index in [-0.39, 0.29) is 43.0 Å².